The summed E-state index contributed by atoms with van der Waals surface area (Å²) in [5, 5.41) is 3.36. The van der Waals surface area contributed by atoms with Crippen LogP contribution >= 0.6 is 11.6 Å². The van der Waals surface area contributed by atoms with Crippen molar-refractivity contribution in [3.63, 3.8) is 0 Å². The predicted molar refractivity (Wildman–Crippen MR) is 107 cm³/mol. The van der Waals surface area contributed by atoms with Gasteiger partial charge in [-0.25, -0.2) is 4.39 Å². The van der Waals surface area contributed by atoms with Gasteiger partial charge >= 0.3 is 0 Å². The van der Waals surface area contributed by atoms with E-state index in [1.54, 1.807) is 6.07 Å². The normalized spacial score (nSPS) is 29.7. The van der Waals surface area contributed by atoms with Crippen LogP contribution in [0.5, 0.6) is 0 Å². The Kier molecular flexibility index (Phi) is 6.08. The lowest BCUT2D eigenvalue weighted by molar-refractivity contribution is -0.144. The van der Waals surface area contributed by atoms with Crippen molar-refractivity contribution in [3.8, 4) is 0 Å². The van der Waals surface area contributed by atoms with Gasteiger partial charge in [-0.3, -0.25) is 14.5 Å². The van der Waals surface area contributed by atoms with Crippen molar-refractivity contribution in [1.29, 1.82) is 0 Å². The maximum absolute atomic E-state index is 14.0. The second kappa shape index (κ2) is 8.58. The molecule has 2 amide bonds. The zero-order chi connectivity index (χ0) is 20.5. The van der Waals surface area contributed by atoms with Crippen LogP contribution in [0.15, 0.2) is 18.2 Å². The molecule has 1 aromatic rings. The highest BCUT2D eigenvalue weighted by Gasteiger charge is 2.45. The number of ether oxygens (including phenoxy) is 1. The van der Waals surface area contributed by atoms with Gasteiger partial charge in [0.15, 0.2) is 0 Å². The second-order valence-corrected chi connectivity index (χ2v) is 8.79. The molecule has 1 unspecified atom stereocenters. The summed E-state index contributed by atoms with van der Waals surface area (Å²) >= 11 is 6.05. The lowest BCUT2D eigenvalue weighted by atomic mass is 9.91. The highest BCUT2D eigenvalue weighted by Crippen LogP contribution is 2.37. The summed E-state index contributed by atoms with van der Waals surface area (Å²) < 4.78 is 19.5. The Hall–Kier alpha value is -1.70. The number of amides is 2. The van der Waals surface area contributed by atoms with Gasteiger partial charge in [-0.1, -0.05) is 17.7 Å². The fourth-order valence-electron chi connectivity index (χ4n) is 4.89. The first-order chi connectivity index (χ1) is 13.9. The Morgan fingerprint density at radius 3 is 2.66 bits per heavy atom. The summed E-state index contributed by atoms with van der Waals surface area (Å²) in [6.07, 6.45) is 1.89. The van der Waals surface area contributed by atoms with E-state index in [1.165, 1.54) is 12.1 Å². The SMILES string of the molecule is CN1CCOC[C@@H]1C(=O)N1C[C@H]2CC[C@@H](C1)C2NC(=O)Cc1c(F)cccc1Cl. The number of benzene rings is 1. The van der Waals surface area contributed by atoms with E-state index in [0.717, 1.165) is 19.4 Å². The molecule has 1 aromatic carbocycles. The fraction of sp³-hybridized carbons (Fsp3) is 0.619. The first-order valence-electron chi connectivity index (χ1n) is 10.2. The third-order valence-corrected chi connectivity index (χ3v) is 6.91. The van der Waals surface area contributed by atoms with E-state index in [1.807, 2.05) is 11.9 Å². The molecule has 4 rings (SSSR count). The van der Waals surface area contributed by atoms with Crippen LogP contribution in [-0.4, -0.2) is 73.6 Å². The first-order valence-corrected chi connectivity index (χ1v) is 10.6. The number of hydrogen-bond donors (Lipinski definition) is 1. The molecule has 3 aliphatic rings. The second-order valence-electron chi connectivity index (χ2n) is 8.38. The van der Waals surface area contributed by atoms with Gasteiger partial charge in [0.25, 0.3) is 0 Å². The third kappa shape index (κ3) is 4.27. The van der Waals surface area contributed by atoms with E-state index in [9.17, 15) is 14.0 Å². The Morgan fingerprint density at radius 1 is 1.28 bits per heavy atom. The third-order valence-electron chi connectivity index (χ3n) is 6.55. The van der Waals surface area contributed by atoms with Gasteiger partial charge < -0.3 is 15.0 Å². The molecule has 2 heterocycles. The van der Waals surface area contributed by atoms with Crippen LogP contribution in [0.4, 0.5) is 4.39 Å². The predicted octanol–water partition coefficient (Wildman–Crippen LogP) is 1.71. The Balaban J connectivity index is 1.37. The first kappa shape index (κ1) is 20.6. The molecule has 6 nitrogen and oxygen atoms in total. The quantitative estimate of drug-likeness (QED) is 0.800. The minimum Gasteiger partial charge on any atom is -0.378 e. The monoisotopic (exact) mass is 423 g/mol. The minimum absolute atomic E-state index is 0.0254. The van der Waals surface area contributed by atoms with Gasteiger partial charge in [0.2, 0.25) is 11.8 Å². The molecular formula is C21H27ClFN3O3. The number of likely N-dealkylation sites (tertiary alicyclic amines) is 1. The fourth-order valence-corrected chi connectivity index (χ4v) is 5.12. The number of piperidine rings is 1. The number of nitrogens with zero attached hydrogens (tertiary/aromatic N) is 2. The number of nitrogens with one attached hydrogen (secondary N) is 1. The van der Waals surface area contributed by atoms with Crippen molar-refractivity contribution in [2.24, 2.45) is 11.8 Å². The van der Waals surface area contributed by atoms with Crippen LogP contribution in [0.3, 0.4) is 0 Å². The molecule has 1 aliphatic carbocycles. The summed E-state index contributed by atoms with van der Waals surface area (Å²) in [5.41, 5.74) is 0.229. The van der Waals surface area contributed by atoms with Crippen molar-refractivity contribution in [2.45, 2.75) is 31.3 Å². The highest BCUT2D eigenvalue weighted by atomic mass is 35.5. The van der Waals surface area contributed by atoms with E-state index in [-0.39, 0.29) is 52.7 Å². The molecule has 0 aromatic heterocycles. The number of carbonyl (C=O) groups is 2. The van der Waals surface area contributed by atoms with E-state index < -0.39 is 5.82 Å². The smallest absolute Gasteiger partial charge is 0.242 e. The van der Waals surface area contributed by atoms with Crippen molar-refractivity contribution < 1.29 is 18.7 Å². The number of hydrogen-bond acceptors (Lipinski definition) is 4. The van der Waals surface area contributed by atoms with Crippen molar-refractivity contribution in [2.75, 3.05) is 39.9 Å². The molecule has 0 spiro atoms. The highest BCUT2D eigenvalue weighted by molar-refractivity contribution is 6.31. The summed E-state index contributed by atoms with van der Waals surface area (Å²) in [6.45, 7) is 3.14. The van der Waals surface area contributed by atoms with Gasteiger partial charge in [0.05, 0.1) is 19.6 Å². The summed E-state index contributed by atoms with van der Waals surface area (Å²) in [5.74, 6) is -0.110. The zero-order valence-corrected chi connectivity index (χ0v) is 17.3. The number of halogens is 2. The Labute approximate surface area is 175 Å². The largest absolute Gasteiger partial charge is 0.378 e. The maximum Gasteiger partial charge on any atom is 0.242 e. The number of morpholine rings is 1. The Morgan fingerprint density at radius 2 is 2.00 bits per heavy atom. The lowest BCUT2D eigenvalue weighted by Gasteiger charge is -2.41. The van der Waals surface area contributed by atoms with E-state index in [4.69, 9.17) is 16.3 Å². The van der Waals surface area contributed by atoms with Gasteiger partial charge in [-0.05, 0) is 43.9 Å². The summed E-state index contributed by atoms with van der Waals surface area (Å²) in [6, 6.07) is 4.23. The molecule has 4 atom stereocenters. The molecule has 158 valence electrons. The van der Waals surface area contributed by atoms with E-state index in [0.29, 0.717) is 26.3 Å². The average Bonchev–Trinajstić information content (AvgIpc) is 2.92. The van der Waals surface area contributed by atoms with Crippen molar-refractivity contribution in [1.82, 2.24) is 15.1 Å². The van der Waals surface area contributed by atoms with Gasteiger partial charge in [-0.2, -0.15) is 0 Å². The molecule has 29 heavy (non-hydrogen) atoms. The molecule has 1 N–H and O–H groups in total. The molecule has 2 aliphatic heterocycles. The Bertz CT molecular complexity index is 758. The van der Waals surface area contributed by atoms with E-state index >= 15 is 0 Å². The molecule has 2 bridgehead atoms. The van der Waals surface area contributed by atoms with Gasteiger partial charge in [-0.15, -0.1) is 0 Å². The number of fused-ring (bicyclic) bond motifs is 2. The molecule has 8 heteroatoms. The topological polar surface area (TPSA) is 61.9 Å². The molecule has 3 fully saturated rings. The van der Waals surface area contributed by atoms with Crippen molar-refractivity contribution in [3.05, 3.63) is 34.6 Å². The maximum atomic E-state index is 14.0. The van der Waals surface area contributed by atoms with Gasteiger partial charge in [0.1, 0.15) is 11.9 Å². The van der Waals surface area contributed by atoms with Gasteiger partial charge in [0, 0.05) is 36.3 Å². The zero-order valence-electron chi connectivity index (χ0n) is 16.6. The van der Waals surface area contributed by atoms with Crippen LogP contribution in [-0.2, 0) is 20.7 Å². The van der Waals surface area contributed by atoms with Crippen LogP contribution < -0.4 is 5.32 Å². The van der Waals surface area contributed by atoms with Crippen LogP contribution in [0.1, 0.15) is 18.4 Å². The van der Waals surface area contributed by atoms with Crippen LogP contribution in [0, 0.1) is 17.7 Å². The van der Waals surface area contributed by atoms with Crippen molar-refractivity contribution >= 4 is 23.4 Å². The molecule has 2 saturated heterocycles. The van der Waals surface area contributed by atoms with Crippen LogP contribution in [0.2, 0.25) is 5.02 Å². The molecule has 1 saturated carbocycles. The number of likely N-dealkylation sites (N-methyl/N-ethyl adjacent to an activating group) is 1. The number of carbonyl (C=O) groups excluding carboxylic acids is 2. The number of rotatable bonds is 4. The lowest BCUT2D eigenvalue weighted by Crippen LogP contribution is -2.59. The average molecular weight is 424 g/mol. The van der Waals surface area contributed by atoms with E-state index in [2.05, 4.69) is 10.2 Å². The minimum atomic E-state index is -0.463. The summed E-state index contributed by atoms with van der Waals surface area (Å²) in [7, 11) is 1.96. The standard InChI is InChI=1S/C21H27ClFN3O3/c1-25-7-8-29-12-18(25)21(28)26-10-13-5-6-14(11-26)20(13)24-19(27)9-15-16(22)3-2-4-17(15)23/h2-4,13-14,18,20H,5-12H2,1H3,(H,24,27)/t13-,14+,18-,20?/m1/s1. The molecular weight excluding hydrogens is 397 g/mol. The summed E-state index contributed by atoms with van der Waals surface area (Å²) in [4.78, 5) is 29.6. The molecule has 0 radical (unpaired) electrons. The van der Waals surface area contributed by atoms with Crippen LogP contribution in [0.25, 0.3) is 0 Å².